The molecule has 0 radical (unpaired) electrons. The van der Waals surface area contributed by atoms with Gasteiger partial charge in [0.15, 0.2) is 0 Å². The minimum Gasteiger partial charge on any atom is -0.492 e. The average Bonchev–Trinajstić information content (AvgIpc) is 3.17. The van der Waals surface area contributed by atoms with E-state index in [4.69, 9.17) is 4.74 Å². The number of aromatic nitrogens is 1. The Hall–Kier alpha value is -3.59. The summed E-state index contributed by atoms with van der Waals surface area (Å²) in [6.07, 6.45) is 3.39. The van der Waals surface area contributed by atoms with Gasteiger partial charge in [-0.3, -0.25) is 4.79 Å². The molecule has 1 aromatic heterocycles. The van der Waals surface area contributed by atoms with Crippen molar-refractivity contribution in [3.05, 3.63) is 77.9 Å². The van der Waals surface area contributed by atoms with Crippen LogP contribution in [0.2, 0.25) is 0 Å². The van der Waals surface area contributed by atoms with Gasteiger partial charge < -0.3 is 14.6 Å². The van der Waals surface area contributed by atoms with Crippen LogP contribution in [0.25, 0.3) is 5.69 Å². The topological polar surface area (TPSA) is 67.0 Å². The summed E-state index contributed by atoms with van der Waals surface area (Å²) in [4.78, 5) is 12.6. The number of benzene rings is 2. The highest BCUT2D eigenvalue weighted by Gasteiger charge is 2.14. The van der Waals surface area contributed by atoms with Gasteiger partial charge in [-0.05, 0) is 53.9 Å². The maximum Gasteiger partial charge on any atom is 0.257 e. The third-order valence-corrected chi connectivity index (χ3v) is 4.10. The third-order valence-electron chi connectivity index (χ3n) is 4.10. The Morgan fingerprint density at radius 2 is 1.90 bits per heavy atom. The Morgan fingerprint density at radius 1 is 1.17 bits per heavy atom. The largest absolute Gasteiger partial charge is 0.492 e. The van der Waals surface area contributed by atoms with Crippen LogP contribution in [-0.4, -0.2) is 17.1 Å². The fourth-order valence-electron chi connectivity index (χ4n) is 2.62. The smallest absolute Gasteiger partial charge is 0.257 e. The van der Waals surface area contributed by atoms with E-state index < -0.39 is 0 Å². The summed E-state index contributed by atoms with van der Waals surface area (Å²) >= 11 is 0. The standard InChI is InChI=1S/C23H22FN3O2/c1-23(2,3)15-29-21-9-6-19(12-17(21)13-25)26-22(28)16-10-11-27(14-16)20-7-4-18(24)5-8-20/h4-12,14H,15H2,1-3H3,(H,26,28). The highest BCUT2D eigenvalue weighted by atomic mass is 19.1. The Kier molecular flexibility index (Phi) is 5.69. The maximum absolute atomic E-state index is 13.1. The highest BCUT2D eigenvalue weighted by Crippen LogP contribution is 2.25. The van der Waals surface area contributed by atoms with Gasteiger partial charge in [-0.1, -0.05) is 20.8 Å². The normalized spacial score (nSPS) is 11.0. The molecule has 0 spiro atoms. The van der Waals surface area contributed by atoms with Crippen LogP contribution < -0.4 is 10.1 Å². The molecule has 6 heteroatoms. The number of anilines is 1. The van der Waals surface area contributed by atoms with Gasteiger partial charge in [-0.15, -0.1) is 0 Å². The predicted octanol–water partition coefficient (Wildman–Crippen LogP) is 5.17. The first-order valence-corrected chi connectivity index (χ1v) is 9.17. The monoisotopic (exact) mass is 391 g/mol. The fraction of sp³-hybridized carbons (Fsp3) is 0.217. The number of nitrogens with zero attached hydrogens (tertiary/aromatic N) is 2. The highest BCUT2D eigenvalue weighted by molar-refractivity contribution is 6.04. The van der Waals surface area contributed by atoms with Crippen molar-refractivity contribution in [1.82, 2.24) is 4.57 Å². The fourth-order valence-corrected chi connectivity index (χ4v) is 2.62. The number of carbonyl (C=O) groups is 1. The van der Waals surface area contributed by atoms with Gasteiger partial charge in [0.2, 0.25) is 0 Å². The van der Waals surface area contributed by atoms with Crippen LogP contribution in [0, 0.1) is 22.6 Å². The molecule has 1 heterocycles. The molecule has 29 heavy (non-hydrogen) atoms. The average molecular weight is 391 g/mol. The summed E-state index contributed by atoms with van der Waals surface area (Å²) in [5, 5.41) is 12.2. The van der Waals surface area contributed by atoms with Gasteiger partial charge in [0.05, 0.1) is 17.7 Å². The van der Waals surface area contributed by atoms with Gasteiger partial charge in [0, 0.05) is 23.8 Å². The minimum atomic E-state index is -0.318. The quantitative estimate of drug-likeness (QED) is 0.653. The van der Waals surface area contributed by atoms with Crippen molar-refractivity contribution < 1.29 is 13.9 Å². The molecule has 0 bridgehead atoms. The van der Waals surface area contributed by atoms with E-state index in [-0.39, 0.29) is 17.1 Å². The van der Waals surface area contributed by atoms with Crippen LogP contribution in [-0.2, 0) is 0 Å². The zero-order valence-corrected chi connectivity index (χ0v) is 16.6. The number of hydrogen-bond donors (Lipinski definition) is 1. The summed E-state index contributed by atoms with van der Waals surface area (Å²) < 4.78 is 20.5. The summed E-state index contributed by atoms with van der Waals surface area (Å²) in [5.74, 6) is -0.136. The van der Waals surface area contributed by atoms with Crippen molar-refractivity contribution in [3.8, 4) is 17.5 Å². The van der Waals surface area contributed by atoms with Crippen molar-refractivity contribution in [2.75, 3.05) is 11.9 Å². The number of carbonyl (C=O) groups excluding carboxylic acids is 1. The molecule has 0 fully saturated rings. The van der Waals surface area contributed by atoms with E-state index in [9.17, 15) is 14.4 Å². The first-order chi connectivity index (χ1) is 13.7. The molecule has 0 aliphatic rings. The number of hydrogen-bond acceptors (Lipinski definition) is 3. The van der Waals surface area contributed by atoms with E-state index in [1.165, 1.54) is 12.1 Å². The SMILES string of the molecule is CC(C)(C)COc1ccc(NC(=O)c2ccn(-c3ccc(F)cc3)c2)cc1C#N. The molecule has 1 amide bonds. The van der Waals surface area contributed by atoms with Gasteiger partial charge in [-0.2, -0.15) is 5.26 Å². The van der Waals surface area contributed by atoms with Crippen LogP contribution in [0.3, 0.4) is 0 Å². The first-order valence-electron chi connectivity index (χ1n) is 9.17. The van der Waals surface area contributed by atoms with Crippen molar-refractivity contribution in [2.45, 2.75) is 20.8 Å². The molecule has 3 aromatic rings. The molecule has 0 atom stereocenters. The van der Waals surface area contributed by atoms with Crippen molar-refractivity contribution in [3.63, 3.8) is 0 Å². The Labute approximate surface area is 169 Å². The summed E-state index contributed by atoms with van der Waals surface area (Å²) in [6, 6.07) is 14.7. The number of halogens is 1. The maximum atomic E-state index is 13.1. The first kappa shape index (κ1) is 20.2. The predicted molar refractivity (Wildman–Crippen MR) is 110 cm³/mol. The Morgan fingerprint density at radius 3 is 2.55 bits per heavy atom. The van der Waals surface area contributed by atoms with Crippen LogP contribution in [0.1, 0.15) is 36.7 Å². The summed E-state index contributed by atoms with van der Waals surface area (Å²) in [5.41, 5.74) is 2.02. The lowest BCUT2D eigenvalue weighted by Crippen LogP contribution is -2.17. The van der Waals surface area contributed by atoms with Gasteiger partial charge >= 0.3 is 0 Å². The zero-order valence-electron chi connectivity index (χ0n) is 16.6. The van der Waals surface area contributed by atoms with E-state index in [1.54, 1.807) is 53.4 Å². The van der Waals surface area contributed by atoms with E-state index in [0.29, 0.717) is 29.2 Å². The lowest BCUT2D eigenvalue weighted by Gasteiger charge is -2.19. The molecule has 0 saturated heterocycles. The van der Waals surface area contributed by atoms with Crippen molar-refractivity contribution in [2.24, 2.45) is 5.41 Å². The van der Waals surface area contributed by atoms with E-state index in [0.717, 1.165) is 5.69 Å². The number of amides is 1. The number of ether oxygens (including phenoxy) is 1. The molecule has 0 saturated carbocycles. The van der Waals surface area contributed by atoms with E-state index in [1.807, 2.05) is 20.8 Å². The molecule has 0 aliphatic carbocycles. The number of nitriles is 1. The summed E-state index contributed by atoms with van der Waals surface area (Å²) in [6.45, 7) is 6.62. The minimum absolute atomic E-state index is 0.0305. The van der Waals surface area contributed by atoms with Crippen molar-refractivity contribution in [1.29, 1.82) is 5.26 Å². The molecule has 0 aliphatic heterocycles. The zero-order chi connectivity index (χ0) is 21.0. The number of rotatable bonds is 5. The van der Waals surface area contributed by atoms with Gasteiger partial charge in [0.1, 0.15) is 17.6 Å². The molecule has 2 aromatic carbocycles. The molecule has 148 valence electrons. The Balaban J connectivity index is 1.72. The molecule has 1 N–H and O–H groups in total. The molecule has 0 unspecified atom stereocenters. The second-order valence-electron chi connectivity index (χ2n) is 7.91. The van der Waals surface area contributed by atoms with E-state index in [2.05, 4.69) is 11.4 Å². The van der Waals surface area contributed by atoms with E-state index >= 15 is 0 Å². The lowest BCUT2D eigenvalue weighted by atomic mass is 9.98. The molecular weight excluding hydrogens is 369 g/mol. The molecule has 3 rings (SSSR count). The van der Waals surface area contributed by atoms with Crippen LogP contribution in [0.15, 0.2) is 60.9 Å². The van der Waals surface area contributed by atoms with Crippen LogP contribution in [0.5, 0.6) is 5.75 Å². The van der Waals surface area contributed by atoms with Crippen LogP contribution >= 0.6 is 0 Å². The van der Waals surface area contributed by atoms with Crippen LogP contribution in [0.4, 0.5) is 10.1 Å². The second kappa shape index (κ2) is 8.19. The molecular formula is C23H22FN3O2. The van der Waals surface area contributed by atoms with Crippen molar-refractivity contribution >= 4 is 11.6 Å². The molecule has 5 nitrogen and oxygen atoms in total. The Bertz CT molecular complexity index is 1060. The van der Waals surface area contributed by atoms with Gasteiger partial charge in [0.25, 0.3) is 5.91 Å². The summed E-state index contributed by atoms with van der Waals surface area (Å²) in [7, 11) is 0. The second-order valence-corrected chi connectivity index (χ2v) is 7.91. The number of nitrogens with one attached hydrogen (secondary N) is 1. The third kappa shape index (κ3) is 5.23. The lowest BCUT2D eigenvalue weighted by molar-refractivity contribution is 0.102. The van der Waals surface area contributed by atoms with Gasteiger partial charge in [-0.25, -0.2) is 4.39 Å².